The monoisotopic (exact) mass is 340 g/mol. The molecule has 0 saturated carbocycles. The van der Waals surface area contributed by atoms with Gasteiger partial charge >= 0.3 is 6.09 Å². The van der Waals surface area contributed by atoms with Crippen LogP contribution in [0.3, 0.4) is 0 Å². The Hall–Kier alpha value is -1.60. The number of nitrogens with zero attached hydrogens (tertiary/aromatic N) is 1. The molecule has 128 valence electrons. The van der Waals surface area contributed by atoms with Crippen LogP contribution >= 0.6 is 0 Å². The molecule has 1 heterocycles. The van der Waals surface area contributed by atoms with E-state index in [1.807, 2.05) is 25.1 Å². The number of aryl methyl sites for hydroxylation is 1. The molecule has 0 aliphatic carbocycles. The van der Waals surface area contributed by atoms with Crippen molar-refractivity contribution in [3.8, 4) is 0 Å². The van der Waals surface area contributed by atoms with Crippen molar-refractivity contribution in [2.24, 2.45) is 0 Å². The van der Waals surface area contributed by atoms with Gasteiger partial charge in [-0.1, -0.05) is 29.8 Å². The molecule has 1 aliphatic heterocycles. The van der Waals surface area contributed by atoms with Crippen LogP contribution < -0.4 is 4.72 Å². The van der Waals surface area contributed by atoms with Crippen LogP contribution in [0.2, 0.25) is 0 Å². The molecule has 1 aliphatic rings. The molecule has 0 radical (unpaired) electrons. The normalized spacial score (nSPS) is 22.0. The largest absolute Gasteiger partial charge is 0.453 e. The van der Waals surface area contributed by atoms with Crippen LogP contribution in [-0.4, -0.2) is 51.4 Å². The SMILES string of the molecule is COC(=O)N1CCC[C@@H](NS(C)(=O)=O)[C@H]1Cc1cccc(C)c1. The van der Waals surface area contributed by atoms with Gasteiger partial charge in [-0.3, -0.25) is 0 Å². The fourth-order valence-corrected chi connectivity index (χ4v) is 3.97. The lowest BCUT2D eigenvalue weighted by Gasteiger charge is -2.40. The van der Waals surface area contributed by atoms with Crippen LogP contribution in [0.4, 0.5) is 4.79 Å². The Morgan fingerprint density at radius 1 is 1.43 bits per heavy atom. The molecular weight excluding hydrogens is 316 g/mol. The molecule has 1 aromatic rings. The Morgan fingerprint density at radius 3 is 2.78 bits per heavy atom. The first kappa shape index (κ1) is 17.7. The van der Waals surface area contributed by atoms with Crippen LogP contribution in [0.5, 0.6) is 0 Å². The van der Waals surface area contributed by atoms with E-state index in [0.29, 0.717) is 19.4 Å². The van der Waals surface area contributed by atoms with E-state index in [1.165, 1.54) is 7.11 Å². The Balaban J connectivity index is 2.28. The van der Waals surface area contributed by atoms with Gasteiger partial charge in [-0.2, -0.15) is 0 Å². The number of carbonyl (C=O) groups is 1. The maximum atomic E-state index is 12.1. The first-order chi connectivity index (χ1) is 10.8. The van der Waals surface area contributed by atoms with Crippen LogP contribution in [0.15, 0.2) is 24.3 Å². The van der Waals surface area contributed by atoms with Crippen molar-refractivity contribution in [3.63, 3.8) is 0 Å². The molecule has 1 fully saturated rings. The van der Waals surface area contributed by atoms with E-state index in [0.717, 1.165) is 23.8 Å². The summed E-state index contributed by atoms with van der Waals surface area (Å²) in [5.74, 6) is 0. The van der Waals surface area contributed by atoms with Crippen molar-refractivity contribution in [1.82, 2.24) is 9.62 Å². The topological polar surface area (TPSA) is 75.7 Å². The quantitative estimate of drug-likeness (QED) is 0.905. The van der Waals surface area contributed by atoms with Crippen molar-refractivity contribution in [1.29, 1.82) is 0 Å². The number of piperidine rings is 1. The van der Waals surface area contributed by atoms with Crippen LogP contribution in [0.1, 0.15) is 24.0 Å². The molecule has 2 atom stereocenters. The van der Waals surface area contributed by atoms with E-state index in [2.05, 4.69) is 10.8 Å². The third-order valence-corrected chi connectivity index (χ3v) is 4.81. The number of nitrogens with one attached hydrogen (secondary N) is 1. The maximum absolute atomic E-state index is 12.1. The molecule has 0 aromatic heterocycles. The lowest BCUT2D eigenvalue weighted by molar-refractivity contribution is 0.0792. The van der Waals surface area contributed by atoms with Crippen molar-refractivity contribution >= 4 is 16.1 Å². The molecule has 23 heavy (non-hydrogen) atoms. The first-order valence-corrected chi connectivity index (χ1v) is 9.57. The van der Waals surface area contributed by atoms with E-state index in [-0.39, 0.29) is 12.1 Å². The Labute approximate surface area is 137 Å². The first-order valence-electron chi connectivity index (χ1n) is 7.67. The van der Waals surface area contributed by atoms with Gasteiger partial charge in [0.1, 0.15) is 0 Å². The second kappa shape index (κ2) is 7.31. The number of benzene rings is 1. The van der Waals surface area contributed by atoms with E-state index in [1.54, 1.807) is 4.90 Å². The lowest BCUT2D eigenvalue weighted by Crippen LogP contribution is -2.57. The number of methoxy groups -OCH3 is 1. The van der Waals surface area contributed by atoms with Gasteiger partial charge in [0.25, 0.3) is 0 Å². The Kier molecular flexibility index (Phi) is 5.64. The van der Waals surface area contributed by atoms with Crippen LogP contribution in [0.25, 0.3) is 0 Å². The zero-order valence-electron chi connectivity index (χ0n) is 13.8. The number of amides is 1. The molecule has 0 unspecified atom stereocenters. The minimum atomic E-state index is -3.34. The smallest absolute Gasteiger partial charge is 0.409 e. The van der Waals surface area contributed by atoms with Crippen molar-refractivity contribution in [2.75, 3.05) is 19.9 Å². The second-order valence-electron chi connectivity index (χ2n) is 6.06. The number of rotatable bonds is 4. The molecule has 7 heteroatoms. The summed E-state index contributed by atoms with van der Waals surface area (Å²) in [5.41, 5.74) is 2.21. The highest BCUT2D eigenvalue weighted by molar-refractivity contribution is 7.88. The summed E-state index contributed by atoms with van der Waals surface area (Å²) in [6.45, 7) is 2.58. The Bertz CT molecular complexity index is 660. The second-order valence-corrected chi connectivity index (χ2v) is 7.84. The minimum absolute atomic E-state index is 0.257. The number of carbonyl (C=O) groups excluding carboxylic acids is 1. The molecule has 1 amide bonds. The van der Waals surface area contributed by atoms with E-state index < -0.39 is 16.1 Å². The summed E-state index contributed by atoms with van der Waals surface area (Å²) in [4.78, 5) is 13.7. The summed E-state index contributed by atoms with van der Waals surface area (Å²) in [7, 11) is -1.99. The number of ether oxygens (including phenoxy) is 1. The fourth-order valence-electron chi connectivity index (χ4n) is 3.15. The number of hydrogen-bond donors (Lipinski definition) is 1. The maximum Gasteiger partial charge on any atom is 0.409 e. The van der Waals surface area contributed by atoms with Crippen molar-refractivity contribution in [2.45, 2.75) is 38.3 Å². The highest BCUT2D eigenvalue weighted by atomic mass is 32.2. The number of sulfonamides is 1. The van der Waals surface area contributed by atoms with Gasteiger partial charge in [0.15, 0.2) is 0 Å². The van der Waals surface area contributed by atoms with E-state index >= 15 is 0 Å². The zero-order chi connectivity index (χ0) is 17.0. The van der Waals surface area contributed by atoms with Gasteiger partial charge in [0.05, 0.1) is 19.4 Å². The van der Waals surface area contributed by atoms with Gasteiger partial charge in [0.2, 0.25) is 10.0 Å². The average molecular weight is 340 g/mol. The molecule has 6 nitrogen and oxygen atoms in total. The lowest BCUT2D eigenvalue weighted by atomic mass is 9.91. The molecule has 1 aromatic carbocycles. The summed E-state index contributed by atoms with van der Waals surface area (Å²) in [6.07, 6.45) is 2.77. The zero-order valence-corrected chi connectivity index (χ0v) is 14.6. The summed E-state index contributed by atoms with van der Waals surface area (Å²) >= 11 is 0. The average Bonchev–Trinajstić information content (AvgIpc) is 2.47. The summed E-state index contributed by atoms with van der Waals surface area (Å²) < 4.78 is 30.8. The minimum Gasteiger partial charge on any atom is -0.453 e. The summed E-state index contributed by atoms with van der Waals surface area (Å²) in [6, 6.07) is 7.46. The van der Waals surface area contributed by atoms with Crippen molar-refractivity contribution < 1.29 is 17.9 Å². The van der Waals surface area contributed by atoms with Gasteiger partial charge in [-0.25, -0.2) is 17.9 Å². The molecular formula is C16H24N2O4S. The number of likely N-dealkylation sites (tertiary alicyclic amines) is 1. The Morgan fingerprint density at radius 2 is 2.17 bits per heavy atom. The van der Waals surface area contributed by atoms with Crippen LogP contribution in [-0.2, 0) is 21.2 Å². The molecule has 0 bridgehead atoms. The van der Waals surface area contributed by atoms with Gasteiger partial charge in [0, 0.05) is 12.6 Å². The van der Waals surface area contributed by atoms with Gasteiger partial charge in [-0.05, 0) is 31.7 Å². The number of hydrogen-bond acceptors (Lipinski definition) is 4. The summed E-state index contributed by atoms with van der Waals surface area (Å²) in [5, 5.41) is 0. The van der Waals surface area contributed by atoms with Gasteiger partial charge < -0.3 is 9.64 Å². The molecule has 2 rings (SSSR count). The highest BCUT2D eigenvalue weighted by Crippen LogP contribution is 2.23. The van der Waals surface area contributed by atoms with E-state index in [4.69, 9.17) is 4.74 Å². The third kappa shape index (κ3) is 4.94. The predicted molar refractivity (Wildman–Crippen MR) is 88.8 cm³/mol. The molecule has 1 saturated heterocycles. The highest BCUT2D eigenvalue weighted by Gasteiger charge is 2.36. The molecule has 1 N–H and O–H groups in total. The standard InChI is InChI=1S/C16H24N2O4S/c1-12-6-4-7-13(10-12)11-15-14(17-23(3,20)21)8-5-9-18(15)16(19)22-2/h4,6-7,10,14-15,17H,5,8-9,11H2,1-3H3/t14-,15-/m1/s1. The van der Waals surface area contributed by atoms with Crippen molar-refractivity contribution in [3.05, 3.63) is 35.4 Å². The third-order valence-electron chi connectivity index (χ3n) is 4.08. The van der Waals surface area contributed by atoms with E-state index in [9.17, 15) is 13.2 Å². The fraction of sp³-hybridized carbons (Fsp3) is 0.562. The predicted octanol–water partition coefficient (Wildman–Crippen LogP) is 1.69. The van der Waals surface area contributed by atoms with Gasteiger partial charge in [-0.15, -0.1) is 0 Å². The van der Waals surface area contributed by atoms with Crippen LogP contribution in [0, 0.1) is 6.92 Å². The molecule has 0 spiro atoms.